The van der Waals surface area contributed by atoms with Crippen molar-refractivity contribution < 1.29 is 0 Å². The van der Waals surface area contributed by atoms with E-state index in [9.17, 15) is 0 Å². The smallest absolute Gasteiger partial charge is 0.137 e. The Balaban J connectivity index is 1.90. The average molecular weight is 300 g/mol. The van der Waals surface area contributed by atoms with E-state index in [1.807, 2.05) is 16.0 Å². The van der Waals surface area contributed by atoms with Crippen LogP contribution < -0.4 is 5.32 Å². The molecule has 0 aliphatic carbocycles. The van der Waals surface area contributed by atoms with Crippen LogP contribution >= 0.6 is 11.3 Å². The van der Waals surface area contributed by atoms with Gasteiger partial charge in [0.2, 0.25) is 0 Å². The van der Waals surface area contributed by atoms with Crippen LogP contribution in [0.15, 0.2) is 36.9 Å². The third kappa shape index (κ3) is 3.31. The van der Waals surface area contributed by atoms with Crippen LogP contribution in [0.25, 0.3) is 10.1 Å². The lowest BCUT2D eigenvalue weighted by Gasteiger charge is -2.08. The van der Waals surface area contributed by atoms with E-state index in [1.165, 1.54) is 20.5 Å². The van der Waals surface area contributed by atoms with Gasteiger partial charge in [-0.2, -0.15) is 5.10 Å². The molecule has 5 heteroatoms. The van der Waals surface area contributed by atoms with Gasteiger partial charge in [-0.3, -0.25) is 0 Å². The van der Waals surface area contributed by atoms with Gasteiger partial charge in [-0.15, -0.1) is 11.3 Å². The molecular weight excluding hydrogens is 280 g/mol. The number of nitrogens with one attached hydrogen (secondary N) is 1. The second-order valence-electron chi connectivity index (χ2n) is 5.62. The molecule has 0 spiro atoms. The average Bonchev–Trinajstić information content (AvgIpc) is 3.08. The van der Waals surface area contributed by atoms with Crippen molar-refractivity contribution >= 4 is 21.4 Å². The first kappa shape index (κ1) is 14.2. The fraction of sp³-hybridized carbons (Fsp3) is 0.375. The SMILES string of the molecule is CC(C)CNCc1sc2ccccc2c1Cn1cncn1. The van der Waals surface area contributed by atoms with E-state index >= 15 is 0 Å². The van der Waals surface area contributed by atoms with E-state index in [-0.39, 0.29) is 0 Å². The summed E-state index contributed by atoms with van der Waals surface area (Å²) in [6.07, 6.45) is 3.36. The number of rotatable bonds is 6. The maximum Gasteiger partial charge on any atom is 0.137 e. The minimum absolute atomic E-state index is 0.665. The van der Waals surface area contributed by atoms with Crippen LogP contribution in [0, 0.1) is 5.92 Å². The van der Waals surface area contributed by atoms with Gasteiger partial charge < -0.3 is 5.32 Å². The zero-order valence-corrected chi connectivity index (χ0v) is 13.2. The summed E-state index contributed by atoms with van der Waals surface area (Å²) in [4.78, 5) is 5.43. The summed E-state index contributed by atoms with van der Waals surface area (Å²) in [6.45, 7) is 7.20. The molecule has 2 aromatic heterocycles. The Morgan fingerprint density at radius 1 is 1.29 bits per heavy atom. The Labute approximate surface area is 128 Å². The molecule has 0 bridgehead atoms. The summed E-state index contributed by atoms with van der Waals surface area (Å²) < 4.78 is 3.23. The number of hydrogen-bond donors (Lipinski definition) is 1. The van der Waals surface area contributed by atoms with Gasteiger partial charge in [0.25, 0.3) is 0 Å². The van der Waals surface area contributed by atoms with Gasteiger partial charge in [-0.05, 0) is 29.5 Å². The lowest BCUT2D eigenvalue weighted by Crippen LogP contribution is -2.19. The van der Waals surface area contributed by atoms with Gasteiger partial charge in [0.15, 0.2) is 0 Å². The van der Waals surface area contributed by atoms with Crippen molar-refractivity contribution in [3.63, 3.8) is 0 Å². The zero-order chi connectivity index (χ0) is 14.7. The largest absolute Gasteiger partial charge is 0.312 e. The van der Waals surface area contributed by atoms with E-state index in [4.69, 9.17) is 0 Å². The highest BCUT2D eigenvalue weighted by molar-refractivity contribution is 7.19. The van der Waals surface area contributed by atoms with Gasteiger partial charge in [0.1, 0.15) is 12.7 Å². The summed E-state index contributed by atoms with van der Waals surface area (Å²) in [6, 6.07) is 8.59. The highest BCUT2D eigenvalue weighted by Gasteiger charge is 2.12. The number of aromatic nitrogens is 3. The molecule has 3 rings (SSSR count). The van der Waals surface area contributed by atoms with Gasteiger partial charge in [0.05, 0.1) is 6.54 Å². The third-order valence-electron chi connectivity index (χ3n) is 3.41. The lowest BCUT2D eigenvalue weighted by molar-refractivity contribution is 0.552. The van der Waals surface area contributed by atoms with Crippen molar-refractivity contribution in [1.29, 1.82) is 0 Å². The van der Waals surface area contributed by atoms with Crippen molar-refractivity contribution in [2.75, 3.05) is 6.54 Å². The van der Waals surface area contributed by atoms with Crippen molar-refractivity contribution in [3.05, 3.63) is 47.4 Å². The number of benzene rings is 1. The normalized spacial score (nSPS) is 11.6. The number of nitrogens with zero attached hydrogens (tertiary/aromatic N) is 3. The molecule has 0 saturated heterocycles. The maximum atomic E-state index is 4.24. The second kappa shape index (κ2) is 6.37. The standard InChI is InChI=1S/C16H20N4S/c1-12(2)7-17-8-16-14(9-20-11-18-10-19-20)13-5-3-4-6-15(13)21-16/h3-6,10-12,17H,7-9H2,1-2H3. The van der Waals surface area contributed by atoms with E-state index in [0.717, 1.165) is 19.6 Å². The molecule has 0 saturated carbocycles. The summed E-state index contributed by atoms with van der Waals surface area (Å²) in [5.74, 6) is 0.665. The van der Waals surface area contributed by atoms with Crippen molar-refractivity contribution in [1.82, 2.24) is 20.1 Å². The Hall–Kier alpha value is -1.72. The van der Waals surface area contributed by atoms with E-state index in [2.05, 4.69) is 53.5 Å². The summed E-state index contributed by atoms with van der Waals surface area (Å²) in [7, 11) is 0. The first-order valence-corrected chi connectivity index (χ1v) is 8.08. The zero-order valence-electron chi connectivity index (χ0n) is 12.4. The van der Waals surface area contributed by atoms with Crippen LogP contribution in [0.5, 0.6) is 0 Å². The van der Waals surface area contributed by atoms with Crippen LogP contribution in [-0.4, -0.2) is 21.3 Å². The highest BCUT2D eigenvalue weighted by atomic mass is 32.1. The van der Waals surface area contributed by atoms with Crippen LogP contribution in [0.2, 0.25) is 0 Å². The summed E-state index contributed by atoms with van der Waals surface area (Å²) in [5.41, 5.74) is 1.36. The Kier molecular flexibility index (Phi) is 4.31. The van der Waals surface area contributed by atoms with Crippen molar-refractivity contribution in [2.45, 2.75) is 26.9 Å². The maximum absolute atomic E-state index is 4.24. The molecule has 110 valence electrons. The molecule has 4 nitrogen and oxygen atoms in total. The second-order valence-corrected chi connectivity index (χ2v) is 6.75. The third-order valence-corrected chi connectivity index (χ3v) is 4.62. The van der Waals surface area contributed by atoms with Gasteiger partial charge in [-0.1, -0.05) is 32.0 Å². The molecular formula is C16H20N4S. The molecule has 2 heterocycles. The fourth-order valence-corrected chi connectivity index (χ4v) is 3.60. The van der Waals surface area contributed by atoms with Crippen LogP contribution in [0.3, 0.4) is 0 Å². The van der Waals surface area contributed by atoms with E-state index < -0.39 is 0 Å². The first-order valence-electron chi connectivity index (χ1n) is 7.26. The Bertz CT molecular complexity index is 700. The van der Waals surface area contributed by atoms with Crippen LogP contribution in [0.1, 0.15) is 24.3 Å². The molecule has 1 N–H and O–H groups in total. The van der Waals surface area contributed by atoms with Crippen molar-refractivity contribution in [2.24, 2.45) is 5.92 Å². The number of fused-ring (bicyclic) bond motifs is 1. The molecule has 0 fully saturated rings. The Morgan fingerprint density at radius 3 is 2.90 bits per heavy atom. The van der Waals surface area contributed by atoms with E-state index in [1.54, 1.807) is 12.7 Å². The van der Waals surface area contributed by atoms with Gasteiger partial charge >= 0.3 is 0 Å². The predicted molar refractivity (Wildman–Crippen MR) is 87.5 cm³/mol. The topological polar surface area (TPSA) is 42.7 Å². The minimum atomic E-state index is 0.665. The van der Waals surface area contributed by atoms with Crippen molar-refractivity contribution in [3.8, 4) is 0 Å². The summed E-state index contributed by atoms with van der Waals surface area (Å²) in [5, 5.41) is 9.12. The summed E-state index contributed by atoms with van der Waals surface area (Å²) >= 11 is 1.87. The minimum Gasteiger partial charge on any atom is -0.312 e. The van der Waals surface area contributed by atoms with Crippen LogP contribution in [-0.2, 0) is 13.1 Å². The number of thiophene rings is 1. The van der Waals surface area contributed by atoms with Crippen LogP contribution in [0.4, 0.5) is 0 Å². The molecule has 1 aromatic carbocycles. The molecule has 0 unspecified atom stereocenters. The molecule has 3 aromatic rings. The molecule has 0 atom stereocenters. The fourth-order valence-electron chi connectivity index (χ4n) is 2.42. The predicted octanol–water partition coefficient (Wildman–Crippen LogP) is 3.29. The van der Waals surface area contributed by atoms with Gasteiger partial charge in [-0.25, -0.2) is 9.67 Å². The quantitative estimate of drug-likeness (QED) is 0.759. The monoisotopic (exact) mass is 300 g/mol. The molecule has 0 radical (unpaired) electrons. The highest BCUT2D eigenvalue weighted by Crippen LogP contribution is 2.31. The van der Waals surface area contributed by atoms with E-state index in [0.29, 0.717) is 5.92 Å². The lowest BCUT2D eigenvalue weighted by atomic mass is 10.1. The molecule has 21 heavy (non-hydrogen) atoms. The molecule has 0 aliphatic rings. The molecule has 0 amide bonds. The number of hydrogen-bond acceptors (Lipinski definition) is 4. The first-order chi connectivity index (χ1) is 10.2. The molecule has 0 aliphatic heterocycles. The Morgan fingerprint density at radius 2 is 2.14 bits per heavy atom. The van der Waals surface area contributed by atoms with Gasteiger partial charge in [0, 0.05) is 16.1 Å².